The zero-order valence-corrected chi connectivity index (χ0v) is 11.8. The monoisotopic (exact) mass is 290 g/mol. The van der Waals surface area contributed by atoms with E-state index in [1.165, 1.54) is 0 Å². The summed E-state index contributed by atoms with van der Waals surface area (Å²) in [4.78, 5) is 27.0. The molecule has 21 heavy (non-hydrogen) atoms. The number of carboxylic acid groups (broad SMARTS) is 1. The van der Waals surface area contributed by atoms with Crippen LogP contribution in [0.3, 0.4) is 0 Å². The van der Waals surface area contributed by atoms with Crippen LogP contribution in [0, 0.1) is 0 Å². The summed E-state index contributed by atoms with van der Waals surface area (Å²) in [5.41, 5.74) is 1.43. The number of hydrogen-bond donors (Lipinski definition) is 2. The lowest BCUT2D eigenvalue weighted by molar-refractivity contribution is -0.142. The van der Waals surface area contributed by atoms with Gasteiger partial charge in [-0.3, -0.25) is 4.79 Å². The fourth-order valence-electron chi connectivity index (χ4n) is 2.06. The van der Waals surface area contributed by atoms with Crippen molar-refractivity contribution < 1.29 is 19.1 Å². The Bertz CT molecular complexity index is 602. The molecular weight excluding hydrogens is 272 g/mol. The highest BCUT2D eigenvalue weighted by atomic mass is 16.4. The lowest BCUT2D eigenvalue weighted by Crippen LogP contribution is -2.40. The van der Waals surface area contributed by atoms with Crippen LogP contribution >= 0.6 is 0 Å². The zero-order valence-electron chi connectivity index (χ0n) is 11.8. The van der Waals surface area contributed by atoms with E-state index >= 15 is 0 Å². The van der Waals surface area contributed by atoms with Crippen LogP contribution < -0.4 is 5.32 Å². The lowest BCUT2D eigenvalue weighted by Gasteiger charge is -2.12. The van der Waals surface area contributed by atoms with Crippen LogP contribution in [0.5, 0.6) is 0 Å². The van der Waals surface area contributed by atoms with Crippen LogP contribution in [0.25, 0.3) is 11.1 Å². The first-order chi connectivity index (χ1) is 10.1. The van der Waals surface area contributed by atoms with E-state index in [-0.39, 0.29) is 12.3 Å². The largest absolute Gasteiger partial charge is 0.480 e. The first-order valence-corrected chi connectivity index (χ1v) is 6.96. The molecule has 0 radical (unpaired) electrons. The van der Waals surface area contributed by atoms with Crippen LogP contribution in [-0.4, -0.2) is 28.0 Å². The number of para-hydroxylation sites is 2. The van der Waals surface area contributed by atoms with Crippen LogP contribution in [0.15, 0.2) is 28.7 Å². The van der Waals surface area contributed by atoms with Gasteiger partial charge in [0.15, 0.2) is 11.5 Å². The summed E-state index contributed by atoms with van der Waals surface area (Å²) in [6, 6.07) is 6.54. The number of hydrogen-bond acceptors (Lipinski definition) is 4. The minimum atomic E-state index is -1.01. The Labute approximate surface area is 122 Å². The number of aromatic nitrogens is 1. The van der Waals surface area contributed by atoms with Crippen molar-refractivity contribution in [2.45, 2.75) is 38.6 Å². The first-order valence-electron chi connectivity index (χ1n) is 6.96. The summed E-state index contributed by atoms with van der Waals surface area (Å²) < 4.78 is 5.51. The van der Waals surface area contributed by atoms with Crippen molar-refractivity contribution in [3.8, 4) is 0 Å². The predicted octanol–water partition coefficient (Wildman–Crippen LogP) is 2.13. The van der Waals surface area contributed by atoms with Gasteiger partial charge < -0.3 is 14.8 Å². The molecule has 1 aromatic heterocycles. The predicted molar refractivity (Wildman–Crippen MR) is 76.8 cm³/mol. The van der Waals surface area contributed by atoms with Gasteiger partial charge in [-0.05, 0) is 18.6 Å². The molecule has 0 bridgehead atoms. The maximum Gasteiger partial charge on any atom is 0.326 e. The van der Waals surface area contributed by atoms with Crippen molar-refractivity contribution in [3.05, 3.63) is 30.2 Å². The van der Waals surface area contributed by atoms with Crippen LogP contribution in [0.2, 0.25) is 0 Å². The third kappa shape index (κ3) is 4.05. The van der Waals surface area contributed by atoms with Crippen LogP contribution in [0.4, 0.5) is 0 Å². The number of oxazole rings is 1. The molecule has 1 atom stereocenters. The molecule has 1 unspecified atom stereocenters. The smallest absolute Gasteiger partial charge is 0.326 e. The Morgan fingerprint density at radius 2 is 2.14 bits per heavy atom. The van der Waals surface area contributed by atoms with Gasteiger partial charge in [0.2, 0.25) is 5.91 Å². The normalized spacial score (nSPS) is 12.2. The standard InChI is InChI=1S/C15H18N2O4/c1-2-5-11(15(19)20)16-13(18)8-9-14-17-10-6-3-4-7-12(10)21-14/h3-4,6-7,11H,2,5,8-9H2,1H3,(H,16,18)(H,19,20). The number of nitrogens with one attached hydrogen (secondary N) is 1. The Balaban J connectivity index is 1.89. The van der Waals surface area contributed by atoms with E-state index in [0.717, 1.165) is 5.52 Å². The van der Waals surface area contributed by atoms with E-state index < -0.39 is 12.0 Å². The van der Waals surface area contributed by atoms with E-state index in [4.69, 9.17) is 9.52 Å². The highest BCUT2D eigenvalue weighted by molar-refractivity contribution is 5.83. The van der Waals surface area contributed by atoms with E-state index in [1.54, 1.807) is 0 Å². The Kier molecular flexibility index (Phi) is 4.92. The van der Waals surface area contributed by atoms with Crippen molar-refractivity contribution in [1.29, 1.82) is 0 Å². The molecule has 0 aliphatic heterocycles. The summed E-state index contributed by atoms with van der Waals surface area (Å²) in [6.07, 6.45) is 1.62. The number of rotatable bonds is 7. The molecule has 0 fully saturated rings. The molecule has 6 heteroatoms. The van der Waals surface area contributed by atoms with E-state index in [1.807, 2.05) is 31.2 Å². The van der Waals surface area contributed by atoms with Gasteiger partial charge in [0.05, 0.1) is 0 Å². The summed E-state index contributed by atoms with van der Waals surface area (Å²) in [7, 11) is 0. The fourth-order valence-corrected chi connectivity index (χ4v) is 2.06. The van der Waals surface area contributed by atoms with Gasteiger partial charge in [-0.1, -0.05) is 25.5 Å². The number of carbonyl (C=O) groups excluding carboxylic acids is 1. The number of carboxylic acids is 1. The molecule has 1 amide bonds. The number of nitrogens with zero attached hydrogens (tertiary/aromatic N) is 1. The van der Waals surface area contributed by atoms with Gasteiger partial charge in [-0.25, -0.2) is 9.78 Å². The Hall–Kier alpha value is -2.37. The minimum absolute atomic E-state index is 0.153. The van der Waals surface area contributed by atoms with Crippen molar-refractivity contribution in [3.63, 3.8) is 0 Å². The number of aliphatic carboxylic acids is 1. The van der Waals surface area contributed by atoms with Crippen LogP contribution in [0.1, 0.15) is 32.1 Å². The van der Waals surface area contributed by atoms with Crippen LogP contribution in [-0.2, 0) is 16.0 Å². The number of aryl methyl sites for hydroxylation is 1. The summed E-state index contributed by atoms with van der Waals surface area (Å²) >= 11 is 0. The second-order valence-corrected chi connectivity index (χ2v) is 4.82. The topological polar surface area (TPSA) is 92.4 Å². The van der Waals surface area contributed by atoms with Gasteiger partial charge in [-0.2, -0.15) is 0 Å². The number of benzene rings is 1. The van der Waals surface area contributed by atoms with E-state index in [2.05, 4.69) is 10.3 Å². The van der Waals surface area contributed by atoms with E-state index in [9.17, 15) is 9.59 Å². The zero-order chi connectivity index (χ0) is 15.2. The molecule has 2 rings (SSSR count). The van der Waals surface area contributed by atoms with Crippen molar-refractivity contribution in [2.24, 2.45) is 0 Å². The number of amides is 1. The molecule has 0 spiro atoms. The minimum Gasteiger partial charge on any atom is -0.480 e. The first kappa shape index (κ1) is 15.0. The molecule has 6 nitrogen and oxygen atoms in total. The molecule has 0 saturated heterocycles. The Morgan fingerprint density at radius 3 is 2.81 bits per heavy atom. The molecule has 0 aliphatic rings. The van der Waals surface area contributed by atoms with Gasteiger partial charge in [0.25, 0.3) is 0 Å². The molecule has 0 saturated carbocycles. The maximum atomic E-state index is 11.8. The molecule has 2 aromatic rings. The second kappa shape index (κ2) is 6.88. The van der Waals surface area contributed by atoms with Gasteiger partial charge >= 0.3 is 5.97 Å². The molecule has 1 aromatic carbocycles. The highest BCUT2D eigenvalue weighted by Crippen LogP contribution is 2.15. The quantitative estimate of drug-likeness (QED) is 0.815. The Morgan fingerprint density at radius 1 is 1.38 bits per heavy atom. The average molecular weight is 290 g/mol. The van der Waals surface area contributed by atoms with Crippen molar-refractivity contribution >= 4 is 23.0 Å². The maximum absolute atomic E-state index is 11.8. The second-order valence-electron chi connectivity index (χ2n) is 4.82. The number of carbonyl (C=O) groups is 2. The third-order valence-electron chi connectivity index (χ3n) is 3.11. The highest BCUT2D eigenvalue weighted by Gasteiger charge is 2.19. The molecule has 112 valence electrons. The fraction of sp³-hybridized carbons (Fsp3) is 0.400. The third-order valence-corrected chi connectivity index (χ3v) is 3.11. The van der Waals surface area contributed by atoms with Gasteiger partial charge in [0, 0.05) is 12.8 Å². The molecule has 2 N–H and O–H groups in total. The molecule has 1 heterocycles. The molecule has 0 aliphatic carbocycles. The average Bonchev–Trinajstić information content (AvgIpc) is 2.87. The molecular formula is C15H18N2O4. The summed E-state index contributed by atoms with van der Waals surface area (Å²) in [5, 5.41) is 11.5. The number of fused-ring (bicyclic) bond motifs is 1. The summed E-state index contributed by atoms with van der Waals surface area (Å²) in [6.45, 7) is 1.88. The van der Waals surface area contributed by atoms with E-state index in [0.29, 0.717) is 30.7 Å². The SMILES string of the molecule is CCCC(NC(=O)CCc1nc2ccccc2o1)C(=O)O. The van der Waals surface area contributed by atoms with Crippen molar-refractivity contribution in [1.82, 2.24) is 10.3 Å². The van der Waals surface area contributed by atoms with Gasteiger partial charge in [-0.15, -0.1) is 0 Å². The lowest BCUT2D eigenvalue weighted by atomic mass is 10.1. The van der Waals surface area contributed by atoms with Crippen molar-refractivity contribution in [2.75, 3.05) is 0 Å². The summed E-state index contributed by atoms with van der Waals surface area (Å²) in [5.74, 6) is -0.834. The van der Waals surface area contributed by atoms with Gasteiger partial charge in [0.1, 0.15) is 11.6 Å².